The molecular weight excluding hydrogens is 434 g/mol. The Balaban J connectivity index is 1.66. The van der Waals surface area contributed by atoms with Gasteiger partial charge < -0.3 is 21.0 Å². The molecule has 0 atom stereocenters. The third-order valence-corrected chi connectivity index (χ3v) is 4.74. The summed E-state index contributed by atoms with van der Waals surface area (Å²) in [6, 6.07) is 19.8. The van der Waals surface area contributed by atoms with E-state index in [1.54, 1.807) is 36.4 Å². The van der Waals surface area contributed by atoms with Crippen molar-refractivity contribution in [2.75, 3.05) is 5.73 Å². The second-order valence-electron chi connectivity index (χ2n) is 6.32. The number of hydrogen-bond acceptors (Lipinski definition) is 5. The van der Waals surface area contributed by atoms with Crippen molar-refractivity contribution in [3.63, 3.8) is 0 Å². The van der Waals surface area contributed by atoms with Crippen LogP contribution in [0.3, 0.4) is 0 Å². The number of benzene rings is 3. The minimum Gasteiger partial charge on any atom is -0.489 e. The molecule has 0 fully saturated rings. The number of anilines is 1. The summed E-state index contributed by atoms with van der Waals surface area (Å²) in [5, 5.41) is 3.76. The number of carbonyl (C=O) groups is 1. The van der Waals surface area contributed by atoms with Gasteiger partial charge >= 0.3 is 5.97 Å². The number of ether oxygens (including phenoxy) is 1. The summed E-state index contributed by atoms with van der Waals surface area (Å²) < 4.78 is 6.68. The van der Waals surface area contributed by atoms with Gasteiger partial charge in [-0.25, -0.2) is 4.79 Å². The van der Waals surface area contributed by atoms with Crippen molar-refractivity contribution in [2.45, 2.75) is 13.5 Å². The highest BCUT2D eigenvalue weighted by Gasteiger charge is 2.11. The van der Waals surface area contributed by atoms with E-state index in [1.807, 2.05) is 37.3 Å². The van der Waals surface area contributed by atoms with E-state index in [4.69, 9.17) is 21.0 Å². The van der Waals surface area contributed by atoms with Crippen molar-refractivity contribution in [2.24, 2.45) is 10.9 Å². The lowest BCUT2D eigenvalue weighted by Gasteiger charge is -2.08. The summed E-state index contributed by atoms with van der Waals surface area (Å²) in [6.07, 6.45) is 0. The van der Waals surface area contributed by atoms with Crippen LogP contribution in [0.5, 0.6) is 5.75 Å². The molecule has 0 radical (unpaired) electrons. The van der Waals surface area contributed by atoms with Gasteiger partial charge in [0.05, 0.1) is 5.56 Å². The Labute approximate surface area is 177 Å². The fourth-order valence-corrected chi connectivity index (χ4v) is 3.01. The van der Waals surface area contributed by atoms with Gasteiger partial charge in [-0.3, -0.25) is 0 Å². The van der Waals surface area contributed by atoms with Crippen LogP contribution in [0.1, 0.15) is 27.0 Å². The number of hydrogen-bond donors (Lipinski definition) is 2. The Morgan fingerprint density at radius 3 is 2.62 bits per heavy atom. The first-order valence-corrected chi connectivity index (χ1v) is 9.61. The number of nitrogen functional groups attached to an aromatic ring is 1. The molecule has 3 aromatic carbocycles. The molecule has 29 heavy (non-hydrogen) atoms. The average Bonchev–Trinajstić information content (AvgIpc) is 2.72. The van der Waals surface area contributed by atoms with Crippen LogP contribution in [-0.4, -0.2) is 11.8 Å². The fourth-order valence-electron chi connectivity index (χ4n) is 2.64. The number of nitrogens with two attached hydrogens (primary N) is 2. The van der Waals surface area contributed by atoms with Crippen LogP contribution in [-0.2, 0) is 11.4 Å². The summed E-state index contributed by atoms with van der Waals surface area (Å²) in [4.78, 5) is 17.4. The predicted octanol–water partition coefficient (Wildman–Crippen LogP) is 4.40. The summed E-state index contributed by atoms with van der Waals surface area (Å²) in [7, 11) is 0. The van der Waals surface area contributed by atoms with Crippen molar-refractivity contribution < 1.29 is 14.4 Å². The first-order chi connectivity index (χ1) is 13.9. The van der Waals surface area contributed by atoms with E-state index in [0.29, 0.717) is 23.4 Å². The second-order valence-corrected chi connectivity index (χ2v) is 7.24. The van der Waals surface area contributed by atoms with Crippen molar-refractivity contribution in [3.8, 4) is 5.75 Å². The monoisotopic (exact) mass is 453 g/mol. The highest BCUT2D eigenvalue weighted by molar-refractivity contribution is 9.10. The van der Waals surface area contributed by atoms with Gasteiger partial charge in [-0.2, -0.15) is 0 Å². The molecule has 0 aliphatic heterocycles. The molecule has 4 N–H and O–H groups in total. The van der Waals surface area contributed by atoms with Crippen molar-refractivity contribution in [1.29, 1.82) is 0 Å². The molecule has 0 spiro atoms. The molecule has 6 nitrogen and oxygen atoms in total. The maximum Gasteiger partial charge on any atom is 0.365 e. The van der Waals surface area contributed by atoms with Gasteiger partial charge in [0.15, 0.2) is 5.84 Å². The zero-order chi connectivity index (χ0) is 20.8. The summed E-state index contributed by atoms with van der Waals surface area (Å²) in [5.41, 5.74) is 15.0. The molecule has 0 heterocycles. The highest BCUT2D eigenvalue weighted by Crippen LogP contribution is 2.19. The number of carbonyl (C=O) groups excluding carboxylic acids is 1. The third-order valence-electron chi connectivity index (χ3n) is 4.24. The molecule has 0 aliphatic carbocycles. The Morgan fingerprint density at radius 1 is 1.07 bits per heavy atom. The molecule has 0 unspecified atom stereocenters. The SMILES string of the molecule is Cc1c(N)cccc1/C(N)=N/OC(=O)c1cccc(COc2cccc(Br)c2)c1. The van der Waals surface area contributed by atoms with Gasteiger partial charge in [-0.1, -0.05) is 51.4 Å². The molecule has 0 saturated carbocycles. The number of rotatable bonds is 6. The zero-order valence-corrected chi connectivity index (χ0v) is 17.3. The van der Waals surface area contributed by atoms with E-state index in [0.717, 1.165) is 21.3 Å². The molecule has 7 heteroatoms. The smallest absolute Gasteiger partial charge is 0.365 e. The molecule has 0 saturated heterocycles. The first kappa shape index (κ1) is 20.4. The van der Waals surface area contributed by atoms with E-state index in [1.165, 1.54) is 0 Å². The lowest BCUT2D eigenvalue weighted by atomic mass is 10.1. The highest BCUT2D eigenvalue weighted by atomic mass is 79.9. The van der Waals surface area contributed by atoms with Crippen molar-refractivity contribution in [1.82, 2.24) is 0 Å². The van der Waals surface area contributed by atoms with Crippen LogP contribution in [0.15, 0.2) is 76.4 Å². The van der Waals surface area contributed by atoms with Gasteiger partial charge in [0, 0.05) is 15.7 Å². The Hall–Kier alpha value is -3.32. The van der Waals surface area contributed by atoms with Crippen LogP contribution >= 0.6 is 15.9 Å². The van der Waals surface area contributed by atoms with E-state index < -0.39 is 5.97 Å². The minimum absolute atomic E-state index is 0.0808. The van der Waals surface area contributed by atoms with Gasteiger partial charge in [-0.15, -0.1) is 0 Å². The molecule has 0 bridgehead atoms. The lowest BCUT2D eigenvalue weighted by molar-refractivity contribution is 0.0516. The third kappa shape index (κ3) is 5.36. The Kier molecular flexibility index (Phi) is 6.51. The van der Waals surface area contributed by atoms with Gasteiger partial charge in [-0.05, 0) is 54.4 Å². The minimum atomic E-state index is -0.612. The maximum atomic E-state index is 12.3. The van der Waals surface area contributed by atoms with Crippen LogP contribution in [0.4, 0.5) is 5.69 Å². The zero-order valence-electron chi connectivity index (χ0n) is 15.8. The summed E-state index contributed by atoms with van der Waals surface area (Å²) in [5.74, 6) is 0.193. The fraction of sp³-hybridized carbons (Fsp3) is 0.0909. The van der Waals surface area contributed by atoms with E-state index >= 15 is 0 Å². The summed E-state index contributed by atoms with van der Waals surface area (Å²) >= 11 is 3.40. The van der Waals surface area contributed by atoms with Crippen molar-refractivity contribution >= 4 is 33.4 Å². The van der Waals surface area contributed by atoms with Crippen LogP contribution < -0.4 is 16.2 Å². The summed E-state index contributed by atoms with van der Waals surface area (Å²) in [6.45, 7) is 2.13. The van der Waals surface area contributed by atoms with Crippen molar-refractivity contribution in [3.05, 3.63) is 93.5 Å². The Morgan fingerprint density at radius 2 is 1.83 bits per heavy atom. The molecule has 0 amide bonds. The molecule has 0 aromatic heterocycles. The number of halogens is 1. The normalized spacial score (nSPS) is 11.2. The largest absolute Gasteiger partial charge is 0.489 e. The van der Waals surface area contributed by atoms with Gasteiger partial charge in [0.25, 0.3) is 0 Å². The quantitative estimate of drug-likeness (QED) is 0.189. The van der Waals surface area contributed by atoms with Crippen LogP contribution in [0, 0.1) is 6.92 Å². The number of oxime groups is 1. The average molecular weight is 454 g/mol. The second kappa shape index (κ2) is 9.25. The number of nitrogens with zero attached hydrogens (tertiary/aromatic N) is 1. The van der Waals surface area contributed by atoms with E-state index in [-0.39, 0.29) is 5.84 Å². The van der Waals surface area contributed by atoms with Crippen LogP contribution in [0.2, 0.25) is 0 Å². The van der Waals surface area contributed by atoms with E-state index in [2.05, 4.69) is 21.1 Å². The topological polar surface area (TPSA) is 99.9 Å². The lowest BCUT2D eigenvalue weighted by Crippen LogP contribution is -2.17. The van der Waals surface area contributed by atoms with Gasteiger partial charge in [0.1, 0.15) is 12.4 Å². The predicted molar refractivity (Wildman–Crippen MR) is 117 cm³/mol. The molecule has 0 aliphatic rings. The van der Waals surface area contributed by atoms with E-state index in [9.17, 15) is 4.79 Å². The molecule has 3 rings (SSSR count). The molecular formula is C22H20BrN3O3. The molecule has 3 aromatic rings. The first-order valence-electron chi connectivity index (χ1n) is 8.81. The Bertz CT molecular complexity index is 1070. The van der Waals surface area contributed by atoms with Crippen LogP contribution in [0.25, 0.3) is 0 Å². The molecule has 148 valence electrons. The maximum absolute atomic E-state index is 12.3. The van der Waals surface area contributed by atoms with Gasteiger partial charge in [0.2, 0.25) is 0 Å². The number of amidine groups is 1. The standard InChI is InChI=1S/C22H20BrN3O3/c1-14-19(9-4-10-20(14)24)21(25)26-29-22(27)16-6-2-5-15(11-16)13-28-18-8-3-7-17(23)12-18/h2-12H,13,24H2,1H3,(H2,25,26).